The van der Waals surface area contributed by atoms with E-state index in [2.05, 4.69) is 40.2 Å². The maximum atomic E-state index is 13.0. The lowest BCUT2D eigenvalue weighted by atomic mass is 9.98. The monoisotopic (exact) mass is 573 g/mol. The molecule has 3 aromatic carbocycles. The van der Waals surface area contributed by atoms with Gasteiger partial charge < -0.3 is 30.5 Å². The number of rotatable bonds is 11. The van der Waals surface area contributed by atoms with Crippen LogP contribution >= 0.6 is 0 Å². The Morgan fingerprint density at radius 3 is 2.07 bits per heavy atom. The molecule has 1 atom stereocenters. The molecule has 4 rings (SSSR count). The van der Waals surface area contributed by atoms with Crippen molar-refractivity contribution in [1.82, 2.24) is 10.6 Å². The first-order valence-electron chi connectivity index (χ1n) is 14.2. The van der Waals surface area contributed by atoms with Gasteiger partial charge in [0.1, 0.15) is 18.2 Å². The van der Waals surface area contributed by atoms with Crippen LogP contribution in [0.2, 0.25) is 0 Å². The highest BCUT2D eigenvalue weighted by atomic mass is 16.6. The number of aliphatic hydroxyl groups excluding tert-OH is 1. The lowest BCUT2D eigenvalue weighted by Crippen LogP contribution is -2.45. The zero-order chi connectivity index (χ0) is 30.1. The van der Waals surface area contributed by atoms with E-state index in [1.807, 2.05) is 24.3 Å². The number of benzene rings is 3. The summed E-state index contributed by atoms with van der Waals surface area (Å²) in [4.78, 5) is 37.9. The molecule has 0 saturated heterocycles. The first-order chi connectivity index (χ1) is 20.1. The van der Waals surface area contributed by atoms with Crippen LogP contribution in [0, 0.1) is 0 Å². The van der Waals surface area contributed by atoms with E-state index >= 15 is 0 Å². The second kappa shape index (κ2) is 14.0. The summed E-state index contributed by atoms with van der Waals surface area (Å²) in [6.07, 6.45) is 0.293. The van der Waals surface area contributed by atoms with Crippen molar-refractivity contribution in [2.24, 2.45) is 0 Å². The number of aliphatic hydroxyl groups is 1. The van der Waals surface area contributed by atoms with Gasteiger partial charge in [-0.25, -0.2) is 9.59 Å². The van der Waals surface area contributed by atoms with Crippen LogP contribution in [0.15, 0.2) is 72.8 Å². The Kier molecular flexibility index (Phi) is 10.2. The number of fused-ring (bicyclic) bond motifs is 3. The molecule has 1 aliphatic rings. The lowest BCUT2D eigenvalue weighted by Gasteiger charge is -2.23. The Labute approximate surface area is 246 Å². The number of ether oxygens (including phenoxy) is 2. The Morgan fingerprint density at radius 2 is 1.48 bits per heavy atom. The third-order valence-electron chi connectivity index (χ3n) is 6.94. The van der Waals surface area contributed by atoms with Crippen LogP contribution in [0.5, 0.6) is 0 Å². The Balaban J connectivity index is 1.25. The summed E-state index contributed by atoms with van der Waals surface area (Å²) in [5.74, 6) is -0.400. The van der Waals surface area contributed by atoms with Gasteiger partial charge in [-0.15, -0.1) is 0 Å². The number of carbonyl (C=O) groups is 3. The molecule has 4 N–H and O–H groups in total. The van der Waals surface area contributed by atoms with E-state index in [4.69, 9.17) is 9.47 Å². The molecule has 1 aliphatic carbocycles. The van der Waals surface area contributed by atoms with Gasteiger partial charge in [-0.1, -0.05) is 60.7 Å². The Bertz CT molecular complexity index is 1340. The molecule has 3 aromatic rings. The number of alkyl carbamates (subject to hydrolysis) is 2. The van der Waals surface area contributed by atoms with Gasteiger partial charge in [-0.2, -0.15) is 0 Å². The lowest BCUT2D eigenvalue weighted by molar-refractivity contribution is -0.118. The predicted molar refractivity (Wildman–Crippen MR) is 161 cm³/mol. The molecular weight excluding hydrogens is 534 g/mol. The summed E-state index contributed by atoms with van der Waals surface area (Å²) in [5, 5.41) is 17.5. The van der Waals surface area contributed by atoms with Gasteiger partial charge in [0.15, 0.2) is 0 Å². The molecule has 0 aliphatic heterocycles. The van der Waals surface area contributed by atoms with Gasteiger partial charge in [0, 0.05) is 18.2 Å². The van der Waals surface area contributed by atoms with E-state index in [0.717, 1.165) is 16.7 Å². The average Bonchev–Trinajstić information content (AvgIpc) is 3.28. The van der Waals surface area contributed by atoms with E-state index < -0.39 is 23.8 Å². The van der Waals surface area contributed by atoms with E-state index in [9.17, 15) is 19.5 Å². The molecular formula is C33H39N3O6. The van der Waals surface area contributed by atoms with Crippen LogP contribution in [0.1, 0.15) is 62.6 Å². The highest BCUT2D eigenvalue weighted by Gasteiger charge is 2.29. The van der Waals surface area contributed by atoms with Crippen molar-refractivity contribution in [1.29, 1.82) is 0 Å². The number of hydrogen-bond acceptors (Lipinski definition) is 6. The number of hydrogen-bond donors (Lipinski definition) is 4. The van der Waals surface area contributed by atoms with Gasteiger partial charge >= 0.3 is 12.2 Å². The van der Waals surface area contributed by atoms with Crippen molar-refractivity contribution in [3.8, 4) is 11.1 Å². The molecule has 0 bridgehead atoms. The molecule has 0 spiro atoms. The minimum atomic E-state index is -0.841. The largest absolute Gasteiger partial charge is 0.449 e. The third-order valence-corrected chi connectivity index (χ3v) is 6.94. The fourth-order valence-electron chi connectivity index (χ4n) is 4.95. The first kappa shape index (κ1) is 30.6. The normalized spacial score (nSPS) is 13.0. The van der Waals surface area contributed by atoms with Crippen LogP contribution in [0.4, 0.5) is 15.3 Å². The zero-order valence-corrected chi connectivity index (χ0v) is 24.3. The Hall–Kier alpha value is -4.37. The molecule has 0 heterocycles. The fraction of sp³-hybridized carbons (Fsp3) is 0.364. The smallest absolute Gasteiger partial charge is 0.408 e. The summed E-state index contributed by atoms with van der Waals surface area (Å²) in [7, 11) is 0. The second-order valence-electron chi connectivity index (χ2n) is 11.3. The minimum absolute atomic E-state index is 0.0128. The molecule has 0 radical (unpaired) electrons. The molecule has 0 fully saturated rings. The van der Waals surface area contributed by atoms with Crippen molar-refractivity contribution >= 4 is 23.8 Å². The summed E-state index contributed by atoms with van der Waals surface area (Å²) < 4.78 is 10.9. The molecule has 3 amide bonds. The van der Waals surface area contributed by atoms with E-state index in [1.54, 1.807) is 45.0 Å². The van der Waals surface area contributed by atoms with Crippen molar-refractivity contribution in [3.63, 3.8) is 0 Å². The summed E-state index contributed by atoms with van der Waals surface area (Å²) >= 11 is 0. The van der Waals surface area contributed by atoms with Crippen molar-refractivity contribution < 1.29 is 29.0 Å². The maximum absolute atomic E-state index is 13.0. The van der Waals surface area contributed by atoms with Gasteiger partial charge in [0.25, 0.3) is 0 Å². The van der Waals surface area contributed by atoms with Gasteiger partial charge in [-0.05, 0) is 80.0 Å². The first-order valence-corrected chi connectivity index (χ1v) is 14.2. The van der Waals surface area contributed by atoms with Crippen molar-refractivity contribution in [2.75, 3.05) is 18.5 Å². The summed E-state index contributed by atoms with van der Waals surface area (Å²) in [5.41, 5.74) is 5.20. The highest BCUT2D eigenvalue weighted by Crippen LogP contribution is 2.44. The number of amides is 3. The van der Waals surface area contributed by atoms with Crippen molar-refractivity contribution in [3.05, 3.63) is 89.5 Å². The van der Waals surface area contributed by atoms with Crippen LogP contribution in [0.25, 0.3) is 11.1 Å². The summed E-state index contributed by atoms with van der Waals surface area (Å²) in [6, 6.07) is 22.3. The van der Waals surface area contributed by atoms with Crippen LogP contribution in [0.3, 0.4) is 0 Å². The number of nitrogens with one attached hydrogen (secondary N) is 3. The number of anilines is 1. The van der Waals surface area contributed by atoms with Crippen LogP contribution in [-0.4, -0.2) is 48.0 Å². The second-order valence-corrected chi connectivity index (χ2v) is 11.3. The quantitative estimate of drug-likeness (QED) is 0.218. The zero-order valence-electron chi connectivity index (χ0n) is 24.3. The van der Waals surface area contributed by atoms with Crippen LogP contribution < -0.4 is 16.0 Å². The topological polar surface area (TPSA) is 126 Å². The van der Waals surface area contributed by atoms with E-state index in [0.29, 0.717) is 31.5 Å². The standard InChI is InChI=1S/C33H39N3O6/c1-33(2,3)42-32(40)36-29(30(38)35-23-17-15-22(20-37)16-18-23)14-8-9-19-34-31(39)41-21-28-26-12-6-4-10-24(26)25-11-5-7-13-27(25)28/h4-7,10-13,15-18,28-29,37H,8-9,14,19-21H2,1-3H3,(H,34,39)(H,35,38)(H,36,40)/t29-/m1/s1. The van der Waals surface area contributed by atoms with Gasteiger partial charge in [-0.3, -0.25) is 4.79 Å². The van der Waals surface area contributed by atoms with Gasteiger partial charge in [0.2, 0.25) is 5.91 Å². The van der Waals surface area contributed by atoms with E-state index in [-0.39, 0.29) is 25.0 Å². The van der Waals surface area contributed by atoms with Crippen LogP contribution in [-0.2, 0) is 20.9 Å². The molecule has 0 saturated carbocycles. The number of unbranched alkanes of at least 4 members (excludes halogenated alkanes) is 1. The molecule has 42 heavy (non-hydrogen) atoms. The fourth-order valence-corrected chi connectivity index (χ4v) is 4.95. The molecule has 0 aromatic heterocycles. The average molecular weight is 574 g/mol. The molecule has 222 valence electrons. The minimum Gasteiger partial charge on any atom is -0.449 e. The van der Waals surface area contributed by atoms with Gasteiger partial charge in [0.05, 0.1) is 6.61 Å². The maximum Gasteiger partial charge on any atom is 0.408 e. The summed E-state index contributed by atoms with van der Waals surface area (Å²) in [6.45, 7) is 5.75. The SMILES string of the molecule is CC(C)(C)OC(=O)N[C@H](CCCCNC(=O)OCC1c2ccccc2-c2ccccc21)C(=O)Nc1ccc(CO)cc1. The Morgan fingerprint density at radius 1 is 0.857 bits per heavy atom. The highest BCUT2D eigenvalue weighted by molar-refractivity contribution is 5.96. The third kappa shape index (κ3) is 8.33. The predicted octanol–water partition coefficient (Wildman–Crippen LogP) is 5.72. The van der Waals surface area contributed by atoms with Crippen molar-refractivity contribution in [2.45, 2.75) is 64.2 Å². The molecule has 9 nitrogen and oxygen atoms in total. The number of carbonyl (C=O) groups excluding carboxylic acids is 3. The molecule has 9 heteroatoms. The van der Waals surface area contributed by atoms with E-state index in [1.165, 1.54) is 11.1 Å². The molecule has 0 unspecified atom stereocenters.